The normalized spacial score (nSPS) is 13.8. The molecule has 0 aliphatic carbocycles. The van der Waals surface area contributed by atoms with Gasteiger partial charge in [0.25, 0.3) is 11.8 Å². The summed E-state index contributed by atoms with van der Waals surface area (Å²) in [6.45, 7) is 1.93. The van der Waals surface area contributed by atoms with Gasteiger partial charge in [0, 0.05) is 13.1 Å². The van der Waals surface area contributed by atoms with Crippen molar-refractivity contribution in [2.45, 2.75) is 0 Å². The molecule has 0 saturated carbocycles. The molecule has 1 aliphatic rings. The van der Waals surface area contributed by atoms with Gasteiger partial charge in [-0.15, -0.1) is 0 Å². The Morgan fingerprint density at radius 2 is 1.88 bits per heavy atom. The largest absolute Gasteiger partial charge is 0.493 e. The van der Waals surface area contributed by atoms with Gasteiger partial charge in [-0.05, 0) is 35.9 Å². The molecule has 0 bridgehead atoms. The maximum absolute atomic E-state index is 12.6. The molecule has 2 aromatic rings. The lowest BCUT2D eigenvalue weighted by Gasteiger charge is -2.26. The van der Waals surface area contributed by atoms with Crippen molar-refractivity contribution in [3.63, 3.8) is 0 Å². The summed E-state index contributed by atoms with van der Waals surface area (Å²) in [7, 11) is 1.46. The Labute approximate surface area is 201 Å². The molecule has 1 fully saturated rings. The zero-order chi connectivity index (χ0) is 23.8. The highest BCUT2D eigenvalue weighted by molar-refractivity contribution is 6.40. The van der Waals surface area contributed by atoms with Crippen molar-refractivity contribution in [3.8, 4) is 17.6 Å². The lowest BCUT2D eigenvalue weighted by molar-refractivity contribution is -0.137. The summed E-state index contributed by atoms with van der Waals surface area (Å²) in [5, 5.41) is 12.5. The highest BCUT2D eigenvalue weighted by atomic mass is 35.5. The van der Waals surface area contributed by atoms with E-state index in [0.717, 1.165) is 0 Å². The van der Waals surface area contributed by atoms with Gasteiger partial charge in [-0.2, -0.15) is 5.26 Å². The van der Waals surface area contributed by atoms with E-state index in [-0.39, 0.29) is 33.8 Å². The second-order valence-corrected chi connectivity index (χ2v) is 7.73. The molecule has 0 atom stereocenters. The van der Waals surface area contributed by atoms with Crippen molar-refractivity contribution in [1.82, 2.24) is 4.90 Å². The summed E-state index contributed by atoms with van der Waals surface area (Å²) in [5.74, 6) is -0.0960. The molecule has 0 radical (unpaired) electrons. The number of hydrogen-bond donors (Lipinski definition) is 1. The summed E-state index contributed by atoms with van der Waals surface area (Å²) in [4.78, 5) is 26.5. The van der Waals surface area contributed by atoms with Crippen LogP contribution < -0.4 is 14.8 Å². The van der Waals surface area contributed by atoms with Crippen molar-refractivity contribution in [3.05, 3.63) is 57.6 Å². The van der Waals surface area contributed by atoms with Gasteiger partial charge < -0.3 is 24.4 Å². The number of amides is 2. The molecule has 2 aromatic carbocycles. The highest BCUT2D eigenvalue weighted by Gasteiger charge is 2.18. The molecule has 10 heteroatoms. The Balaban J connectivity index is 1.72. The molecule has 3 rings (SSSR count). The average Bonchev–Trinajstić information content (AvgIpc) is 2.84. The van der Waals surface area contributed by atoms with Crippen molar-refractivity contribution in [1.29, 1.82) is 5.26 Å². The molecular formula is C23H21Cl2N3O5. The summed E-state index contributed by atoms with van der Waals surface area (Å²) in [5.41, 5.74) is 0.582. The van der Waals surface area contributed by atoms with Crippen LogP contribution in [0.5, 0.6) is 11.5 Å². The first-order valence-corrected chi connectivity index (χ1v) is 10.7. The number of morpholine rings is 1. The predicted octanol–water partition coefficient (Wildman–Crippen LogP) is 3.79. The van der Waals surface area contributed by atoms with Gasteiger partial charge >= 0.3 is 0 Å². The maximum Gasteiger partial charge on any atom is 0.266 e. The minimum atomic E-state index is -0.664. The van der Waals surface area contributed by atoms with Crippen LogP contribution in [-0.2, 0) is 14.3 Å². The zero-order valence-electron chi connectivity index (χ0n) is 17.8. The van der Waals surface area contributed by atoms with E-state index in [4.69, 9.17) is 37.4 Å². The number of nitrogens with zero attached hydrogens (tertiary/aromatic N) is 2. The fourth-order valence-corrected chi connectivity index (χ4v) is 3.54. The highest BCUT2D eigenvalue weighted by Crippen LogP contribution is 2.31. The van der Waals surface area contributed by atoms with Crippen molar-refractivity contribution in [2.75, 3.05) is 45.3 Å². The first kappa shape index (κ1) is 24.4. The minimum Gasteiger partial charge on any atom is -0.493 e. The quantitative estimate of drug-likeness (QED) is 0.468. The number of ether oxygens (including phenoxy) is 3. The lowest BCUT2D eigenvalue weighted by atomic mass is 10.1. The number of nitrogens with one attached hydrogen (secondary N) is 1. The van der Waals surface area contributed by atoms with Crippen LogP contribution in [0.3, 0.4) is 0 Å². The van der Waals surface area contributed by atoms with Crippen LogP contribution in [0.1, 0.15) is 5.56 Å². The van der Waals surface area contributed by atoms with E-state index in [1.54, 1.807) is 41.3 Å². The Hall–Kier alpha value is -3.25. The first-order chi connectivity index (χ1) is 15.9. The third-order valence-corrected chi connectivity index (χ3v) is 5.41. The van der Waals surface area contributed by atoms with E-state index in [0.29, 0.717) is 43.4 Å². The molecule has 0 unspecified atom stereocenters. The molecule has 1 saturated heterocycles. The van der Waals surface area contributed by atoms with Crippen LogP contribution in [0.2, 0.25) is 10.0 Å². The number of methoxy groups -OCH3 is 1. The summed E-state index contributed by atoms with van der Waals surface area (Å²) < 4.78 is 16.2. The third kappa shape index (κ3) is 6.39. The van der Waals surface area contributed by atoms with Crippen molar-refractivity contribution >= 4 is 46.8 Å². The van der Waals surface area contributed by atoms with Crippen molar-refractivity contribution < 1.29 is 23.8 Å². The number of carbonyl (C=O) groups excluding carboxylic acids is 2. The van der Waals surface area contributed by atoms with Gasteiger partial charge in [-0.1, -0.05) is 35.3 Å². The predicted molar refractivity (Wildman–Crippen MR) is 125 cm³/mol. The SMILES string of the molecule is COc1cc(/C=C(\C#N)C(=O)Nc2c(Cl)cccc2Cl)ccc1OCC(=O)N1CCOCC1. The van der Waals surface area contributed by atoms with E-state index in [1.807, 2.05) is 6.07 Å². The van der Waals surface area contributed by atoms with E-state index in [1.165, 1.54) is 13.2 Å². The number of carbonyl (C=O) groups is 2. The zero-order valence-corrected chi connectivity index (χ0v) is 19.3. The smallest absolute Gasteiger partial charge is 0.266 e. The monoisotopic (exact) mass is 489 g/mol. The van der Waals surface area contributed by atoms with Crippen LogP contribution in [-0.4, -0.2) is 56.7 Å². The van der Waals surface area contributed by atoms with Gasteiger partial charge in [0.1, 0.15) is 11.6 Å². The fraction of sp³-hybridized carbons (Fsp3) is 0.261. The topological polar surface area (TPSA) is 101 Å². The average molecular weight is 490 g/mol. The van der Waals surface area contributed by atoms with Gasteiger partial charge in [-0.25, -0.2) is 0 Å². The third-order valence-electron chi connectivity index (χ3n) is 4.78. The molecule has 1 N–H and O–H groups in total. The molecule has 0 aromatic heterocycles. The Morgan fingerprint density at radius 1 is 1.18 bits per heavy atom. The Morgan fingerprint density at radius 3 is 2.52 bits per heavy atom. The number of anilines is 1. The minimum absolute atomic E-state index is 0.143. The Kier molecular flexibility index (Phi) is 8.55. The molecular weight excluding hydrogens is 469 g/mol. The van der Waals surface area contributed by atoms with E-state index >= 15 is 0 Å². The number of benzene rings is 2. The van der Waals surface area contributed by atoms with Crippen LogP contribution in [0.25, 0.3) is 6.08 Å². The Bertz CT molecular complexity index is 1090. The molecule has 172 valence electrons. The van der Waals surface area contributed by atoms with Crippen LogP contribution >= 0.6 is 23.2 Å². The van der Waals surface area contributed by atoms with Crippen LogP contribution in [0.4, 0.5) is 5.69 Å². The second kappa shape index (κ2) is 11.6. The molecule has 2 amide bonds. The summed E-state index contributed by atoms with van der Waals surface area (Å²) in [6, 6.07) is 11.5. The number of hydrogen-bond acceptors (Lipinski definition) is 6. The fourth-order valence-electron chi connectivity index (χ4n) is 3.05. The second-order valence-electron chi connectivity index (χ2n) is 6.91. The number of nitriles is 1. The standard InChI is InChI=1S/C23H21Cl2N3O5/c1-31-20-12-15(5-6-19(20)33-14-21(29)28-7-9-32-10-8-28)11-16(13-26)23(30)27-22-17(24)3-2-4-18(22)25/h2-6,11-12H,7-10,14H2,1H3,(H,27,30)/b16-11+. The molecule has 1 aliphatic heterocycles. The first-order valence-electron chi connectivity index (χ1n) is 9.96. The molecule has 0 spiro atoms. The van der Waals surface area contributed by atoms with Crippen molar-refractivity contribution in [2.24, 2.45) is 0 Å². The number of rotatable bonds is 7. The van der Waals surface area contributed by atoms with Gasteiger partial charge in [0.05, 0.1) is 36.1 Å². The molecule has 1 heterocycles. The van der Waals surface area contributed by atoms with Crippen LogP contribution in [0, 0.1) is 11.3 Å². The summed E-state index contributed by atoms with van der Waals surface area (Å²) in [6.07, 6.45) is 1.39. The van der Waals surface area contributed by atoms with Gasteiger partial charge in [-0.3, -0.25) is 9.59 Å². The van der Waals surface area contributed by atoms with E-state index in [9.17, 15) is 14.9 Å². The van der Waals surface area contributed by atoms with Crippen LogP contribution in [0.15, 0.2) is 42.0 Å². The summed E-state index contributed by atoms with van der Waals surface area (Å²) >= 11 is 12.1. The maximum atomic E-state index is 12.6. The number of para-hydroxylation sites is 1. The van der Waals surface area contributed by atoms with Gasteiger partial charge in [0.15, 0.2) is 18.1 Å². The molecule has 33 heavy (non-hydrogen) atoms. The van der Waals surface area contributed by atoms with Gasteiger partial charge in [0.2, 0.25) is 0 Å². The van der Waals surface area contributed by atoms with E-state index in [2.05, 4.69) is 5.32 Å². The van der Waals surface area contributed by atoms with E-state index < -0.39 is 5.91 Å². The number of halogens is 2. The molecule has 8 nitrogen and oxygen atoms in total. The lowest BCUT2D eigenvalue weighted by Crippen LogP contribution is -2.43.